The number of carbonyl (C=O) groups excluding carboxylic acids is 1. The number of piperidine rings is 1. The minimum absolute atomic E-state index is 0.223. The zero-order valence-electron chi connectivity index (χ0n) is 13.9. The Balaban J connectivity index is 1.57. The summed E-state index contributed by atoms with van der Waals surface area (Å²) in [6, 6.07) is 9.68. The van der Waals surface area contributed by atoms with E-state index in [0.29, 0.717) is 12.3 Å². The van der Waals surface area contributed by atoms with Crippen molar-refractivity contribution in [1.29, 1.82) is 0 Å². The first-order valence-electron chi connectivity index (χ1n) is 8.43. The van der Waals surface area contributed by atoms with Crippen molar-refractivity contribution >= 4 is 17.5 Å². The molecule has 4 nitrogen and oxygen atoms in total. The van der Waals surface area contributed by atoms with E-state index in [4.69, 9.17) is 11.6 Å². The molecule has 5 heteroatoms. The lowest BCUT2D eigenvalue weighted by atomic mass is 9.94. The minimum atomic E-state index is 0.223. The van der Waals surface area contributed by atoms with Gasteiger partial charge in [0.25, 0.3) is 0 Å². The summed E-state index contributed by atoms with van der Waals surface area (Å²) in [5.74, 6) is 1.33. The van der Waals surface area contributed by atoms with Gasteiger partial charge in [-0.1, -0.05) is 23.7 Å². The van der Waals surface area contributed by atoms with Gasteiger partial charge < -0.3 is 4.90 Å². The Morgan fingerprint density at radius 3 is 2.83 bits per heavy atom. The summed E-state index contributed by atoms with van der Waals surface area (Å²) in [6.45, 7) is 3.51. The van der Waals surface area contributed by atoms with Crippen LogP contribution in [-0.2, 0) is 11.2 Å². The molecule has 0 aliphatic carbocycles. The molecule has 1 atom stereocenters. The van der Waals surface area contributed by atoms with Crippen LogP contribution < -0.4 is 0 Å². The second-order valence-corrected chi connectivity index (χ2v) is 6.77. The Morgan fingerprint density at radius 2 is 2.08 bits per heavy atom. The lowest BCUT2D eigenvalue weighted by Gasteiger charge is -2.32. The monoisotopic (exact) mass is 343 g/mol. The van der Waals surface area contributed by atoms with Crippen LogP contribution in [0, 0.1) is 6.92 Å². The van der Waals surface area contributed by atoms with Crippen LogP contribution in [0.25, 0.3) is 0 Å². The molecule has 1 saturated heterocycles. The Hall–Kier alpha value is -1.94. The van der Waals surface area contributed by atoms with Gasteiger partial charge in [-0.15, -0.1) is 0 Å². The molecule has 0 N–H and O–H groups in total. The molecule has 0 radical (unpaired) electrons. The van der Waals surface area contributed by atoms with E-state index in [1.54, 1.807) is 6.20 Å². The SMILES string of the molecule is Cc1nccc([C@@H]2CCCN(C(=O)CCc3ccc(Cl)cc3)C2)n1. The molecule has 0 spiro atoms. The topological polar surface area (TPSA) is 46.1 Å². The Labute approximate surface area is 147 Å². The quantitative estimate of drug-likeness (QED) is 0.848. The molecule has 2 heterocycles. The molecule has 1 aromatic heterocycles. The average Bonchev–Trinajstić information content (AvgIpc) is 2.61. The summed E-state index contributed by atoms with van der Waals surface area (Å²) in [4.78, 5) is 23.2. The third kappa shape index (κ3) is 4.32. The molecule has 3 rings (SSSR count). The van der Waals surface area contributed by atoms with Crippen molar-refractivity contribution in [2.45, 2.75) is 38.5 Å². The summed E-state index contributed by atoms with van der Waals surface area (Å²) in [5, 5.41) is 0.726. The lowest BCUT2D eigenvalue weighted by molar-refractivity contribution is -0.132. The molecular weight excluding hydrogens is 322 g/mol. The van der Waals surface area contributed by atoms with Crippen LogP contribution in [0.15, 0.2) is 36.5 Å². The first kappa shape index (κ1) is 16.9. The van der Waals surface area contributed by atoms with E-state index >= 15 is 0 Å². The molecule has 2 aromatic rings. The fourth-order valence-corrected chi connectivity index (χ4v) is 3.33. The van der Waals surface area contributed by atoms with E-state index in [0.717, 1.165) is 54.5 Å². The molecule has 1 fully saturated rings. The van der Waals surface area contributed by atoms with Crippen molar-refractivity contribution in [1.82, 2.24) is 14.9 Å². The van der Waals surface area contributed by atoms with Crippen LogP contribution in [0.2, 0.25) is 5.02 Å². The van der Waals surface area contributed by atoms with Crippen LogP contribution >= 0.6 is 11.6 Å². The summed E-state index contributed by atoms with van der Waals surface area (Å²) in [6.07, 6.45) is 5.21. The van der Waals surface area contributed by atoms with Gasteiger partial charge >= 0.3 is 0 Å². The summed E-state index contributed by atoms with van der Waals surface area (Å²) in [7, 11) is 0. The number of aryl methyl sites for hydroxylation is 2. The third-order valence-corrected chi connectivity index (χ3v) is 4.78. The molecule has 1 aromatic carbocycles. The molecule has 1 aliphatic rings. The van der Waals surface area contributed by atoms with E-state index in [-0.39, 0.29) is 5.91 Å². The maximum Gasteiger partial charge on any atom is 0.222 e. The van der Waals surface area contributed by atoms with Gasteiger partial charge in [0.2, 0.25) is 5.91 Å². The highest BCUT2D eigenvalue weighted by Gasteiger charge is 2.25. The van der Waals surface area contributed by atoms with Crippen molar-refractivity contribution in [2.75, 3.05) is 13.1 Å². The normalized spacial score (nSPS) is 17.8. The number of nitrogens with zero attached hydrogens (tertiary/aromatic N) is 3. The number of rotatable bonds is 4. The molecule has 0 bridgehead atoms. The number of amides is 1. The van der Waals surface area contributed by atoms with Crippen LogP contribution in [0.4, 0.5) is 0 Å². The fraction of sp³-hybridized carbons (Fsp3) is 0.421. The lowest BCUT2D eigenvalue weighted by Crippen LogP contribution is -2.39. The summed E-state index contributed by atoms with van der Waals surface area (Å²) in [5.41, 5.74) is 2.20. The van der Waals surface area contributed by atoms with Crippen LogP contribution in [0.1, 0.15) is 42.3 Å². The van der Waals surface area contributed by atoms with Crippen molar-refractivity contribution in [2.24, 2.45) is 0 Å². The molecule has 0 saturated carbocycles. The molecule has 1 aliphatic heterocycles. The van der Waals surface area contributed by atoms with Crippen LogP contribution in [0.5, 0.6) is 0 Å². The molecule has 0 unspecified atom stereocenters. The standard InChI is InChI=1S/C19H22ClN3O/c1-14-21-11-10-18(22-14)16-3-2-12-23(13-16)19(24)9-6-15-4-7-17(20)8-5-15/h4-5,7-8,10-11,16H,2-3,6,9,12-13H2,1H3/t16-/m1/s1. The van der Waals surface area contributed by atoms with E-state index < -0.39 is 0 Å². The van der Waals surface area contributed by atoms with Crippen molar-refractivity contribution < 1.29 is 4.79 Å². The van der Waals surface area contributed by atoms with Crippen molar-refractivity contribution in [3.8, 4) is 0 Å². The third-order valence-electron chi connectivity index (χ3n) is 4.53. The van der Waals surface area contributed by atoms with E-state index in [1.165, 1.54) is 0 Å². The van der Waals surface area contributed by atoms with Gasteiger partial charge in [-0.05, 0) is 49.9 Å². The van der Waals surface area contributed by atoms with Crippen molar-refractivity contribution in [3.05, 3.63) is 58.6 Å². The van der Waals surface area contributed by atoms with Crippen LogP contribution in [0.3, 0.4) is 0 Å². The largest absolute Gasteiger partial charge is 0.342 e. The smallest absolute Gasteiger partial charge is 0.222 e. The Bertz CT molecular complexity index is 702. The van der Waals surface area contributed by atoms with Crippen LogP contribution in [-0.4, -0.2) is 33.9 Å². The van der Waals surface area contributed by atoms with Gasteiger partial charge in [0.1, 0.15) is 5.82 Å². The Kier molecular flexibility index (Phi) is 5.46. The summed E-state index contributed by atoms with van der Waals surface area (Å²) >= 11 is 5.90. The predicted molar refractivity (Wildman–Crippen MR) is 95.1 cm³/mol. The molecular formula is C19H22ClN3O. The van der Waals surface area contributed by atoms with Crippen molar-refractivity contribution in [3.63, 3.8) is 0 Å². The van der Waals surface area contributed by atoms with E-state index in [2.05, 4.69) is 9.97 Å². The zero-order chi connectivity index (χ0) is 16.9. The number of halogens is 1. The number of likely N-dealkylation sites (tertiary alicyclic amines) is 1. The number of hydrogen-bond donors (Lipinski definition) is 0. The molecule has 1 amide bonds. The molecule has 126 valence electrons. The number of aromatic nitrogens is 2. The number of carbonyl (C=O) groups is 1. The van der Waals surface area contributed by atoms with Gasteiger partial charge in [-0.2, -0.15) is 0 Å². The highest BCUT2D eigenvalue weighted by Crippen LogP contribution is 2.26. The maximum absolute atomic E-state index is 12.5. The van der Waals surface area contributed by atoms with Gasteiger partial charge in [0.05, 0.1) is 0 Å². The predicted octanol–water partition coefficient (Wildman–Crippen LogP) is 3.78. The van der Waals surface area contributed by atoms with E-state index in [9.17, 15) is 4.79 Å². The second kappa shape index (κ2) is 7.75. The maximum atomic E-state index is 12.5. The fourth-order valence-electron chi connectivity index (χ4n) is 3.21. The average molecular weight is 344 g/mol. The highest BCUT2D eigenvalue weighted by atomic mass is 35.5. The van der Waals surface area contributed by atoms with Gasteiger partial charge in [0, 0.05) is 42.3 Å². The number of benzene rings is 1. The second-order valence-electron chi connectivity index (χ2n) is 6.33. The number of hydrogen-bond acceptors (Lipinski definition) is 3. The van der Waals surface area contributed by atoms with Gasteiger partial charge in [-0.25, -0.2) is 9.97 Å². The van der Waals surface area contributed by atoms with Gasteiger partial charge in [-0.3, -0.25) is 4.79 Å². The summed E-state index contributed by atoms with van der Waals surface area (Å²) < 4.78 is 0. The molecule has 24 heavy (non-hydrogen) atoms. The first-order chi connectivity index (χ1) is 11.6. The minimum Gasteiger partial charge on any atom is -0.342 e. The highest BCUT2D eigenvalue weighted by molar-refractivity contribution is 6.30. The van der Waals surface area contributed by atoms with E-state index in [1.807, 2.05) is 42.2 Å². The zero-order valence-corrected chi connectivity index (χ0v) is 14.7. The van der Waals surface area contributed by atoms with Gasteiger partial charge in [0.15, 0.2) is 0 Å². The Morgan fingerprint density at radius 1 is 1.29 bits per heavy atom. The first-order valence-corrected chi connectivity index (χ1v) is 8.81.